The Balaban J connectivity index is 2.04. The highest BCUT2D eigenvalue weighted by atomic mass is 32.2. The molecule has 0 radical (unpaired) electrons. The van der Waals surface area contributed by atoms with Gasteiger partial charge in [-0.15, -0.1) is 16.9 Å². The summed E-state index contributed by atoms with van der Waals surface area (Å²) in [5.41, 5.74) is 2.43. The third-order valence-electron chi connectivity index (χ3n) is 2.96. The molecule has 0 aliphatic carbocycles. The van der Waals surface area contributed by atoms with E-state index in [2.05, 4.69) is 53.7 Å². The second-order valence-electron chi connectivity index (χ2n) is 4.52. The van der Waals surface area contributed by atoms with Gasteiger partial charge in [0.1, 0.15) is 0 Å². The summed E-state index contributed by atoms with van der Waals surface area (Å²) in [6, 6.07) is 8.87. The molecule has 0 aliphatic heterocycles. The highest BCUT2D eigenvalue weighted by Gasteiger charge is 2.15. The van der Waals surface area contributed by atoms with E-state index in [0.29, 0.717) is 0 Å². The molecule has 102 valence electrons. The molecule has 0 bridgehead atoms. The van der Waals surface area contributed by atoms with E-state index in [1.54, 1.807) is 0 Å². The molecule has 4 nitrogen and oxygen atoms in total. The van der Waals surface area contributed by atoms with Crippen LogP contribution < -0.4 is 5.32 Å². The topological polar surface area (TPSA) is 42.7 Å². The summed E-state index contributed by atoms with van der Waals surface area (Å²) in [7, 11) is 1.93. The summed E-state index contributed by atoms with van der Waals surface area (Å²) in [5, 5.41) is 11.5. The Morgan fingerprint density at radius 3 is 2.89 bits per heavy atom. The van der Waals surface area contributed by atoms with E-state index in [9.17, 15) is 0 Å². The molecule has 1 unspecified atom stereocenters. The molecule has 5 heteroatoms. The van der Waals surface area contributed by atoms with Crippen LogP contribution in [-0.4, -0.2) is 27.3 Å². The molecule has 1 aromatic carbocycles. The standard InChI is InChI=1S/C14H20N4S/c1-4-15-13(14-9-16-17-18(14)3)10-19-12-7-5-6-11(2)8-12/h5-9,13,15H,4,10H2,1-3H3. The monoisotopic (exact) mass is 276 g/mol. The molecule has 2 rings (SSSR count). The Morgan fingerprint density at radius 1 is 1.42 bits per heavy atom. The van der Waals surface area contributed by atoms with E-state index in [0.717, 1.165) is 18.0 Å². The molecular weight excluding hydrogens is 256 g/mol. The van der Waals surface area contributed by atoms with Crippen LogP contribution in [0.25, 0.3) is 0 Å². The van der Waals surface area contributed by atoms with Crippen molar-refractivity contribution in [1.29, 1.82) is 0 Å². The average molecular weight is 276 g/mol. The van der Waals surface area contributed by atoms with Crippen molar-refractivity contribution in [3.63, 3.8) is 0 Å². The Morgan fingerprint density at radius 2 is 2.26 bits per heavy atom. The average Bonchev–Trinajstić information content (AvgIpc) is 2.81. The van der Waals surface area contributed by atoms with Gasteiger partial charge in [0.25, 0.3) is 0 Å². The Kier molecular flexibility index (Phi) is 4.99. The minimum atomic E-state index is 0.274. The fraction of sp³-hybridized carbons (Fsp3) is 0.429. The van der Waals surface area contributed by atoms with Crippen molar-refractivity contribution in [3.05, 3.63) is 41.7 Å². The zero-order valence-electron chi connectivity index (χ0n) is 11.6. The maximum Gasteiger partial charge on any atom is 0.0761 e. The summed E-state index contributed by atoms with van der Waals surface area (Å²) >= 11 is 1.86. The fourth-order valence-electron chi connectivity index (χ4n) is 1.99. The van der Waals surface area contributed by atoms with Gasteiger partial charge in [-0.05, 0) is 25.6 Å². The van der Waals surface area contributed by atoms with Gasteiger partial charge in [-0.1, -0.05) is 29.8 Å². The lowest BCUT2D eigenvalue weighted by atomic mass is 10.2. The predicted molar refractivity (Wildman–Crippen MR) is 79.3 cm³/mol. The van der Waals surface area contributed by atoms with Crippen molar-refractivity contribution >= 4 is 11.8 Å². The number of benzene rings is 1. The molecular formula is C14H20N4S. The van der Waals surface area contributed by atoms with Gasteiger partial charge < -0.3 is 5.32 Å². The van der Waals surface area contributed by atoms with Gasteiger partial charge >= 0.3 is 0 Å². The number of hydrogen-bond donors (Lipinski definition) is 1. The number of thioether (sulfide) groups is 1. The summed E-state index contributed by atoms with van der Waals surface area (Å²) in [6.07, 6.45) is 1.84. The van der Waals surface area contributed by atoms with E-state index in [-0.39, 0.29) is 6.04 Å². The Hall–Kier alpha value is -1.33. The Bertz CT molecular complexity index is 524. The highest BCUT2D eigenvalue weighted by molar-refractivity contribution is 7.99. The molecule has 1 heterocycles. The molecule has 0 fully saturated rings. The fourth-order valence-corrected chi connectivity index (χ4v) is 3.08. The lowest BCUT2D eigenvalue weighted by Crippen LogP contribution is -2.25. The van der Waals surface area contributed by atoms with Gasteiger partial charge in [0, 0.05) is 17.7 Å². The summed E-state index contributed by atoms with van der Waals surface area (Å²) in [6.45, 7) is 5.18. The first-order valence-corrected chi connectivity index (χ1v) is 7.46. The number of rotatable bonds is 6. The second kappa shape index (κ2) is 6.73. The first-order chi connectivity index (χ1) is 9.20. The molecule has 0 spiro atoms. The predicted octanol–water partition coefficient (Wildman–Crippen LogP) is 2.57. The van der Waals surface area contributed by atoms with Crippen molar-refractivity contribution in [2.75, 3.05) is 12.3 Å². The van der Waals surface area contributed by atoms with Crippen LogP contribution in [0.5, 0.6) is 0 Å². The van der Waals surface area contributed by atoms with Gasteiger partial charge in [0.05, 0.1) is 17.9 Å². The molecule has 19 heavy (non-hydrogen) atoms. The number of aromatic nitrogens is 3. The number of aryl methyl sites for hydroxylation is 2. The van der Waals surface area contributed by atoms with Gasteiger partial charge in [-0.25, -0.2) is 0 Å². The summed E-state index contributed by atoms with van der Waals surface area (Å²) < 4.78 is 1.84. The lowest BCUT2D eigenvalue weighted by molar-refractivity contribution is 0.549. The van der Waals surface area contributed by atoms with Gasteiger partial charge in [0.2, 0.25) is 0 Å². The van der Waals surface area contributed by atoms with Crippen LogP contribution in [0, 0.1) is 6.92 Å². The Labute approximate surface area is 118 Å². The van der Waals surface area contributed by atoms with Crippen LogP contribution in [0.4, 0.5) is 0 Å². The molecule has 1 atom stereocenters. The van der Waals surface area contributed by atoms with E-state index in [4.69, 9.17) is 0 Å². The van der Waals surface area contributed by atoms with E-state index in [1.165, 1.54) is 10.5 Å². The van der Waals surface area contributed by atoms with Crippen molar-refractivity contribution in [2.24, 2.45) is 7.05 Å². The highest BCUT2D eigenvalue weighted by Crippen LogP contribution is 2.24. The zero-order chi connectivity index (χ0) is 13.7. The quantitative estimate of drug-likeness (QED) is 0.824. The maximum absolute atomic E-state index is 4.01. The van der Waals surface area contributed by atoms with E-state index < -0.39 is 0 Å². The van der Waals surface area contributed by atoms with Crippen LogP contribution in [-0.2, 0) is 7.05 Å². The zero-order valence-corrected chi connectivity index (χ0v) is 12.4. The smallest absolute Gasteiger partial charge is 0.0761 e. The largest absolute Gasteiger partial charge is 0.308 e. The van der Waals surface area contributed by atoms with Gasteiger partial charge in [0.15, 0.2) is 0 Å². The molecule has 0 saturated carbocycles. The molecule has 0 amide bonds. The molecule has 1 N–H and O–H groups in total. The van der Waals surface area contributed by atoms with Gasteiger partial charge in [-0.2, -0.15) is 0 Å². The number of nitrogens with one attached hydrogen (secondary N) is 1. The van der Waals surface area contributed by atoms with Crippen LogP contribution in [0.1, 0.15) is 24.2 Å². The molecule has 0 aliphatic rings. The van der Waals surface area contributed by atoms with E-state index >= 15 is 0 Å². The van der Waals surface area contributed by atoms with E-state index in [1.807, 2.05) is 29.7 Å². The maximum atomic E-state index is 4.01. The summed E-state index contributed by atoms with van der Waals surface area (Å²) in [5.74, 6) is 0.971. The van der Waals surface area contributed by atoms with Crippen LogP contribution >= 0.6 is 11.8 Å². The first-order valence-electron chi connectivity index (χ1n) is 6.48. The lowest BCUT2D eigenvalue weighted by Gasteiger charge is -2.17. The normalized spacial score (nSPS) is 12.6. The third kappa shape index (κ3) is 3.81. The SMILES string of the molecule is CCNC(CSc1cccc(C)c1)c1cnnn1C. The van der Waals surface area contributed by atoms with Crippen molar-refractivity contribution in [1.82, 2.24) is 20.3 Å². The third-order valence-corrected chi connectivity index (χ3v) is 4.05. The van der Waals surface area contributed by atoms with Crippen molar-refractivity contribution in [3.8, 4) is 0 Å². The molecule has 2 aromatic rings. The van der Waals surface area contributed by atoms with Crippen LogP contribution in [0.3, 0.4) is 0 Å². The van der Waals surface area contributed by atoms with Crippen LogP contribution in [0.15, 0.2) is 35.4 Å². The van der Waals surface area contributed by atoms with Crippen molar-refractivity contribution < 1.29 is 0 Å². The van der Waals surface area contributed by atoms with Crippen LogP contribution in [0.2, 0.25) is 0 Å². The number of hydrogen-bond acceptors (Lipinski definition) is 4. The van der Waals surface area contributed by atoms with Gasteiger partial charge in [-0.3, -0.25) is 4.68 Å². The first kappa shape index (κ1) is 14.1. The minimum Gasteiger partial charge on any atom is -0.308 e. The minimum absolute atomic E-state index is 0.274. The second-order valence-corrected chi connectivity index (χ2v) is 5.61. The molecule has 0 saturated heterocycles. The van der Waals surface area contributed by atoms with Crippen molar-refractivity contribution in [2.45, 2.75) is 24.8 Å². The summed E-state index contributed by atoms with van der Waals surface area (Å²) in [4.78, 5) is 1.30. The molecule has 1 aromatic heterocycles. The number of nitrogens with zero attached hydrogens (tertiary/aromatic N) is 3.